The van der Waals surface area contributed by atoms with Gasteiger partial charge >= 0.3 is 0 Å². The van der Waals surface area contributed by atoms with Gasteiger partial charge in [0.25, 0.3) is 0 Å². The number of thiazole rings is 1. The molecule has 2 saturated heterocycles. The minimum Gasteiger partial charge on any atom is -0.356 e. The maximum absolute atomic E-state index is 14.2. The summed E-state index contributed by atoms with van der Waals surface area (Å²) in [4.78, 5) is 60.4. The van der Waals surface area contributed by atoms with E-state index in [4.69, 9.17) is 0 Å². The van der Waals surface area contributed by atoms with Crippen molar-refractivity contribution < 1.29 is 27.6 Å². The van der Waals surface area contributed by atoms with Crippen molar-refractivity contribution in [3.8, 4) is 0 Å². The number of aromatic nitrogens is 1. The third-order valence-electron chi connectivity index (χ3n) is 8.79. The third kappa shape index (κ3) is 6.52. The molecule has 1 saturated carbocycles. The Morgan fingerprint density at radius 3 is 2.55 bits per heavy atom. The Balaban J connectivity index is 1.44. The molecule has 1 aromatic heterocycles. The molecule has 0 spiro atoms. The average Bonchev–Trinajstić information content (AvgIpc) is 3.66. The van der Waals surface area contributed by atoms with Gasteiger partial charge in [-0.15, -0.1) is 11.3 Å². The maximum Gasteiger partial charge on any atom is 0.243 e. The summed E-state index contributed by atoms with van der Waals surface area (Å²) in [5.74, 6) is -2.14. The Kier molecular flexibility index (Phi) is 9.00. The zero-order chi connectivity index (χ0) is 30.2. The highest BCUT2D eigenvalue weighted by molar-refractivity contribution is 7.88. The summed E-state index contributed by atoms with van der Waals surface area (Å²) in [7, 11) is -3.68. The van der Waals surface area contributed by atoms with E-state index < -0.39 is 45.9 Å². The fraction of sp³-hybridized carbons (Fsp3) is 0.621. The van der Waals surface area contributed by atoms with Crippen molar-refractivity contribution in [2.45, 2.75) is 70.5 Å². The first-order valence-corrected chi connectivity index (χ1v) is 17.4. The second-order valence-electron chi connectivity index (χ2n) is 12.2. The lowest BCUT2D eigenvalue weighted by atomic mass is 9.78. The van der Waals surface area contributed by atoms with Crippen LogP contribution in [0.4, 0.5) is 0 Å². The van der Waals surface area contributed by atoms with Gasteiger partial charge < -0.3 is 15.5 Å². The van der Waals surface area contributed by atoms with Gasteiger partial charge in [-0.05, 0) is 55.6 Å². The van der Waals surface area contributed by atoms with Crippen LogP contribution in [0.25, 0.3) is 10.2 Å². The van der Waals surface area contributed by atoms with E-state index in [0.717, 1.165) is 36.6 Å². The highest BCUT2D eigenvalue weighted by atomic mass is 32.2. The van der Waals surface area contributed by atoms with E-state index >= 15 is 0 Å². The second kappa shape index (κ2) is 12.4. The van der Waals surface area contributed by atoms with Crippen LogP contribution in [-0.2, 0) is 24.4 Å². The van der Waals surface area contributed by atoms with Crippen LogP contribution in [0.1, 0.15) is 62.2 Å². The molecule has 5 rings (SSSR count). The minimum atomic E-state index is -3.68. The number of rotatable bonds is 10. The molecular weight excluding hydrogens is 578 g/mol. The number of hydrogen-bond donors (Lipinski definition) is 3. The van der Waals surface area contributed by atoms with Crippen LogP contribution in [-0.4, -0.2) is 79.3 Å². The fourth-order valence-corrected chi connectivity index (χ4v) is 8.48. The summed E-state index contributed by atoms with van der Waals surface area (Å²) in [6.45, 7) is 4.40. The molecule has 11 nitrogen and oxygen atoms in total. The molecule has 2 aliphatic heterocycles. The van der Waals surface area contributed by atoms with Crippen LogP contribution in [0.15, 0.2) is 24.3 Å². The predicted molar refractivity (Wildman–Crippen MR) is 159 cm³/mol. The van der Waals surface area contributed by atoms with E-state index in [1.54, 1.807) is 13.8 Å². The molecule has 3 amide bonds. The van der Waals surface area contributed by atoms with Gasteiger partial charge in [-0.2, -0.15) is 0 Å². The molecule has 3 unspecified atom stereocenters. The van der Waals surface area contributed by atoms with Gasteiger partial charge in [0.05, 0.1) is 22.5 Å². The number of Topliss-reactive ketones (excluding diaryl/α,β-unsaturated/α-hetero) is 1. The van der Waals surface area contributed by atoms with Crippen molar-refractivity contribution in [1.82, 2.24) is 25.2 Å². The van der Waals surface area contributed by atoms with Crippen LogP contribution in [0.2, 0.25) is 0 Å². The molecule has 0 radical (unpaired) electrons. The molecule has 13 heteroatoms. The lowest BCUT2D eigenvalue weighted by Gasteiger charge is -2.33. The fourth-order valence-electron chi connectivity index (χ4n) is 6.69. The number of nitrogens with zero attached hydrogens (tertiary/aromatic N) is 2. The number of para-hydroxylation sites is 1. The second-order valence-corrected chi connectivity index (χ2v) is 15.0. The Hall–Kier alpha value is -2.90. The van der Waals surface area contributed by atoms with E-state index in [1.165, 1.54) is 16.2 Å². The summed E-state index contributed by atoms with van der Waals surface area (Å²) < 4.78 is 27.5. The number of hydrogen-bond acceptors (Lipinski definition) is 8. The number of carbonyl (C=O) groups is 4. The Bertz CT molecular complexity index is 1440. The zero-order valence-electron chi connectivity index (χ0n) is 24.2. The van der Waals surface area contributed by atoms with Gasteiger partial charge in [-0.3, -0.25) is 19.2 Å². The molecule has 0 bridgehead atoms. The standard InChI is InChI=1S/C29H39N5O6S2/c1-16(2)23(33-42(3,39)40)29(38)34-15-18-8-4-5-9-19(18)24(34)27(37)31-21(14-17-12-13-30-26(17)36)25(35)28-32-20-10-6-7-11-22(20)41-28/h6-7,10-11,16-19,21,23-24,33H,4-5,8-9,12-15H2,1-3H3,(H,30,36)(H,31,37)/t17-,18?,19?,21-,23-,24?/m0/s1. The van der Waals surface area contributed by atoms with Crippen LogP contribution in [0.5, 0.6) is 0 Å². The van der Waals surface area contributed by atoms with Crippen molar-refractivity contribution in [2.24, 2.45) is 23.7 Å². The van der Waals surface area contributed by atoms with Gasteiger partial charge in [0.15, 0.2) is 5.01 Å². The van der Waals surface area contributed by atoms with E-state index in [0.29, 0.717) is 25.0 Å². The van der Waals surface area contributed by atoms with Gasteiger partial charge in [-0.1, -0.05) is 38.8 Å². The van der Waals surface area contributed by atoms with Crippen molar-refractivity contribution in [3.63, 3.8) is 0 Å². The van der Waals surface area contributed by atoms with Gasteiger partial charge in [0.1, 0.15) is 12.1 Å². The van der Waals surface area contributed by atoms with E-state index in [9.17, 15) is 27.6 Å². The van der Waals surface area contributed by atoms with Crippen LogP contribution in [0.3, 0.4) is 0 Å². The van der Waals surface area contributed by atoms with Crippen molar-refractivity contribution in [1.29, 1.82) is 0 Å². The summed E-state index contributed by atoms with van der Waals surface area (Å²) in [5, 5.41) is 6.00. The number of ketones is 1. The number of nitrogens with one attached hydrogen (secondary N) is 3. The first-order chi connectivity index (χ1) is 19.9. The molecular formula is C29H39N5O6S2. The van der Waals surface area contributed by atoms with Gasteiger partial charge in [0, 0.05) is 19.0 Å². The quantitative estimate of drug-likeness (QED) is 0.345. The van der Waals surface area contributed by atoms with Crippen LogP contribution < -0.4 is 15.4 Å². The number of carbonyl (C=O) groups excluding carboxylic acids is 4. The third-order valence-corrected chi connectivity index (χ3v) is 10.5. The monoisotopic (exact) mass is 617 g/mol. The molecule has 3 aliphatic rings. The molecule has 3 heterocycles. The van der Waals surface area contributed by atoms with Crippen LogP contribution >= 0.6 is 11.3 Å². The summed E-state index contributed by atoms with van der Waals surface area (Å²) in [5.41, 5.74) is 0.685. The highest BCUT2D eigenvalue weighted by Crippen LogP contribution is 2.41. The topological polar surface area (TPSA) is 155 Å². The van der Waals surface area contributed by atoms with Crippen molar-refractivity contribution in [2.75, 3.05) is 19.3 Å². The van der Waals surface area contributed by atoms with Crippen molar-refractivity contribution in [3.05, 3.63) is 29.3 Å². The maximum atomic E-state index is 14.2. The normalized spacial score (nSPS) is 25.7. The molecule has 3 fully saturated rings. The van der Waals surface area contributed by atoms with E-state index in [1.807, 2.05) is 24.3 Å². The molecule has 2 aromatic rings. The summed E-state index contributed by atoms with van der Waals surface area (Å²) >= 11 is 1.25. The SMILES string of the molecule is CC(C)[C@H](NS(C)(=O)=O)C(=O)N1CC2CCCCC2C1C(=O)N[C@@H](C[C@@H]1CCNC1=O)C(=O)c1nc2ccccc2s1. The first kappa shape index (κ1) is 30.6. The number of fused-ring (bicyclic) bond motifs is 2. The summed E-state index contributed by atoms with van der Waals surface area (Å²) in [6.07, 6.45) is 5.28. The van der Waals surface area contributed by atoms with E-state index in [2.05, 4.69) is 20.3 Å². The number of sulfonamides is 1. The molecule has 1 aromatic carbocycles. The molecule has 3 N–H and O–H groups in total. The first-order valence-electron chi connectivity index (χ1n) is 14.7. The Labute approximate surface area is 250 Å². The largest absolute Gasteiger partial charge is 0.356 e. The lowest BCUT2D eigenvalue weighted by Crippen LogP contribution is -2.57. The van der Waals surface area contributed by atoms with Crippen molar-refractivity contribution >= 4 is 55.1 Å². The smallest absolute Gasteiger partial charge is 0.243 e. The predicted octanol–water partition coefficient (Wildman–Crippen LogP) is 2.08. The Morgan fingerprint density at radius 2 is 1.88 bits per heavy atom. The molecule has 6 atom stereocenters. The number of likely N-dealkylation sites (tertiary alicyclic amines) is 1. The van der Waals surface area contributed by atoms with Gasteiger partial charge in [-0.25, -0.2) is 18.1 Å². The average molecular weight is 618 g/mol. The highest BCUT2D eigenvalue weighted by Gasteiger charge is 2.50. The number of benzene rings is 1. The molecule has 1 aliphatic carbocycles. The molecule has 228 valence electrons. The van der Waals surface area contributed by atoms with Gasteiger partial charge in [0.2, 0.25) is 33.5 Å². The summed E-state index contributed by atoms with van der Waals surface area (Å²) in [6, 6.07) is 4.55. The van der Waals surface area contributed by atoms with Crippen LogP contribution in [0, 0.1) is 23.7 Å². The number of amides is 3. The lowest BCUT2D eigenvalue weighted by molar-refractivity contribution is -0.141. The molecule has 42 heavy (non-hydrogen) atoms. The minimum absolute atomic E-state index is 0.0956. The van der Waals surface area contributed by atoms with E-state index in [-0.39, 0.29) is 40.9 Å². The Morgan fingerprint density at radius 1 is 1.14 bits per heavy atom. The zero-order valence-corrected chi connectivity index (χ0v) is 25.8.